The molecule has 0 amide bonds. The van der Waals surface area contributed by atoms with Crippen LogP contribution in [-0.4, -0.2) is 16.2 Å². The van der Waals surface area contributed by atoms with Crippen LogP contribution in [0.25, 0.3) is 11.0 Å². The molecule has 0 unspecified atom stereocenters. The van der Waals surface area contributed by atoms with Crippen LogP contribution in [-0.2, 0) is 0 Å². The molecule has 4 nitrogen and oxygen atoms in total. The van der Waals surface area contributed by atoms with Crippen molar-refractivity contribution >= 4 is 16.9 Å². The average molecular weight is 181 g/mol. The smallest absolute Gasteiger partial charge is 0.338 e. The molecule has 2 rings (SSSR count). The number of carboxylic acid groups (broad SMARTS) is 1. The molecule has 0 aliphatic heterocycles. The van der Waals surface area contributed by atoms with Gasteiger partial charge in [-0.25, -0.2) is 9.18 Å². The van der Waals surface area contributed by atoms with Gasteiger partial charge in [0.1, 0.15) is 5.82 Å². The first kappa shape index (κ1) is 7.72. The fourth-order valence-electron chi connectivity index (χ4n) is 1.05. The third-order valence-corrected chi connectivity index (χ3v) is 1.67. The van der Waals surface area contributed by atoms with Gasteiger partial charge < -0.3 is 9.63 Å². The highest BCUT2D eigenvalue weighted by molar-refractivity contribution is 5.92. The number of aromatic carboxylic acids is 1. The molecule has 5 heteroatoms. The molecule has 1 N–H and O–H groups in total. The third-order valence-electron chi connectivity index (χ3n) is 1.67. The summed E-state index contributed by atoms with van der Waals surface area (Å²) in [6.07, 6.45) is 1.32. The highest BCUT2D eigenvalue weighted by atomic mass is 19.1. The van der Waals surface area contributed by atoms with E-state index in [0.717, 1.165) is 12.1 Å². The summed E-state index contributed by atoms with van der Waals surface area (Å²) >= 11 is 0. The Kier molecular flexibility index (Phi) is 1.51. The third kappa shape index (κ3) is 1.14. The van der Waals surface area contributed by atoms with Gasteiger partial charge in [0.2, 0.25) is 0 Å². The van der Waals surface area contributed by atoms with E-state index >= 15 is 0 Å². The van der Waals surface area contributed by atoms with E-state index in [1.54, 1.807) is 0 Å². The summed E-state index contributed by atoms with van der Waals surface area (Å²) in [5.74, 6) is -2.11. The van der Waals surface area contributed by atoms with Crippen LogP contribution >= 0.6 is 0 Å². The quantitative estimate of drug-likeness (QED) is 0.726. The van der Waals surface area contributed by atoms with Crippen molar-refractivity contribution in [2.45, 2.75) is 0 Å². The first-order chi connectivity index (χ1) is 6.18. The van der Waals surface area contributed by atoms with Crippen molar-refractivity contribution in [3.8, 4) is 0 Å². The Bertz CT molecular complexity index is 477. The molecule has 0 atom stereocenters. The van der Waals surface area contributed by atoms with E-state index in [2.05, 4.69) is 9.68 Å². The van der Waals surface area contributed by atoms with Gasteiger partial charge in [-0.3, -0.25) is 0 Å². The van der Waals surface area contributed by atoms with Crippen LogP contribution in [0.15, 0.2) is 22.9 Å². The summed E-state index contributed by atoms with van der Waals surface area (Å²) < 4.78 is 17.7. The number of benzene rings is 1. The van der Waals surface area contributed by atoms with E-state index in [1.807, 2.05) is 0 Å². The van der Waals surface area contributed by atoms with Gasteiger partial charge in [-0.1, -0.05) is 5.16 Å². The average Bonchev–Trinajstić information content (AvgIpc) is 2.48. The minimum atomic E-state index is -1.32. The van der Waals surface area contributed by atoms with Gasteiger partial charge in [-0.05, 0) is 6.07 Å². The van der Waals surface area contributed by atoms with Crippen LogP contribution < -0.4 is 0 Å². The van der Waals surface area contributed by atoms with Gasteiger partial charge in [0, 0.05) is 11.5 Å². The number of fused-ring (bicyclic) bond motifs is 1. The Morgan fingerprint density at radius 2 is 2.31 bits per heavy atom. The monoisotopic (exact) mass is 181 g/mol. The number of hydrogen-bond acceptors (Lipinski definition) is 3. The number of carbonyl (C=O) groups is 1. The van der Waals surface area contributed by atoms with Crippen LogP contribution in [0, 0.1) is 5.82 Å². The molecule has 13 heavy (non-hydrogen) atoms. The molecule has 0 radical (unpaired) electrons. The van der Waals surface area contributed by atoms with Crippen LogP contribution in [0.5, 0.6) is 0 Å². The lowest BCUT2D eigenvalue weighted by atomic mass is 10.1. The molecule has 0 spiro atoms. The zero-order valence-corrected chi connectivity index (χ0v) is 6.32. The van der Waals surface area contributed by atoms with Crippen molar-refractivity contribution in [2.24, 2.45) is 0 Å². The molecule has 0 fully saturated rings. The number of halogens is 1. The van der Waals surface area contributed by atoms with E-state index in [0.29, 0.717) is 5.39 Å². The van der Waals surface area contributed by atoms with Crippen LogP contribution in [0.1, 0.15) is 10.4 Å². The summed E-state index contributed by atoms with van der Waals surface area (Å²) in [6.45, 7) is 0. The summed E-state index contributed by atoms with van der Waals surface area (Å²) in [5, 5.41) is 12.4. The highest BCUT2D eigenvalue weighted by Crippen LogP contribution is 2.18. The van der Waals surface area contributed by atoms with Crippen LogP contribution in [0.4, 0.5) is 4.39 Å². The molecule has 0 bridgehead atoms. The van der Waals surface area contributed by atoms with E-state index in [-0.39, 0.29) is 5.58 Å². The SMILES string of the molecule is O=C(O)c1cc2oncc2cc1F. The highest BCUT2D eigenvalue weighted by Gasteiger charge is 2.12. The molecule has 66 valence electrons. The molecule has 1 aromatic carbocycles. The minimum absolute atomic E-state index is 0.263. The number of rotatable bonds is 1. The van der Waals surface area contributed by atoms with Crippen molar-refractivity contribution < 1.29 is 18.8 Å². The summed E-state index contributed by atoms with van der Waals surface area (Å²) in [6, 6.07) is 2.19. The Morgan fingerprint density at radius 3 is 3.00 bits per heavy atom. The van der Waals surface area contributed by atoms with Gasteiger partial charge in [-0.2, -0.15) is 0 Å². The summed E-state index contributed by atoms with van der Waals surface area (Å²) in [5.41, 5.74) is -0.150. The predicted octanol–water partition coefficient (Wildman–Crippen LogP) is 1.67. The molecule has 1 aromatic heterocycles. The maximum absolute atomic E-state index is 13.0. The van der Waals surface area contributed by atoms with Crippen molar-refractivity contribution in [3.05, 3.63) is 29.7 Å². The topological polar surface area (TPSA) is 63.3 Å². The van der Waals surface area contributed by atoms with Gasteiger partial charge in [0.05, 0.1) is 11.8 Å². The maximum Gasteiger partial charge on any atom is 0.338 e. The van der Waals surface area contributed by atoms with Gasteiger partial charge in [-0.15, -0.1) is 0 Å². The predicted molar refractivity (Wildman–Crippen MR) is 40.9 cm³/mol. The fraction of sp³-hybridized carbons (Fsp3) is 0. The van der Waals surface area contributed by atoms with Crippen molar-refractivity contribution in [2.75, 3.05) is 0 Å². The van der Waals surface area contributed by atoms with E-state index in [1.165, 1.54) is 6.20 Å². The van der Waals surface area contributed by atoms with E-state index in [9.17, 15) is 9.18 Å². The Balaban J connectivity index is 2.76. The molecule has 0 saturated heterocycles. The van der Waals surface area contributed by atoms with Gasteiger partial charge in [0.25, 0.3) is 0 Å². The van der Waals surface area contributed by atoms with Gasteiger partial charge >= 0.3 is 5.97 Å². The Hall–Kier alpha value is -1.91. The second-order valence-electron chi connectivity index (χ2n) is 2.50. The van der Waals surface area contributed by atoms with E-state index < -0.39 is 17.3 Å². The molecule has 0 aliphatic carbocycles. The second kappa shape index (κ2) is 2.55. The number of hydrogen-bond donors (Lipinski definition) is 1. The van der Waals surface area contributed by atoms with E-state index in [4.69, 9.17) is 5.11 Å². The van der Waals surface area contributed by atoms with Crippen molar-refractivity contribution in [1.29, 1.82) is 0 Å². The zero-order chi connectivity index (χ0) is 9.42. The Morgan fingerprint density at radius 1 is 1.54 bits per heavy atom. The normalized spacial score (nSPS) is 10.5. The zero-order valence-electron chi connectivity index (χ0n) is 6.32. The van der Waals surface area contributed by atoms with Gasteiger partial charge in [0.15, 0.2) is 5.58 Å². The Labute approximate surface area is 71.6 Å². The molecule has 1 heterocycles. The fourth-order valence-corrected chi connectivity index (χ4v) is 1.05. The molecule has 0 aliphatic rings. The van der Waals surface area contributed by atoms with Crippen LogP contribution in [0.2, 0.25) is 0 Å². The maximum atomic E-state index is 13.0. The number of aromatic nitrogens is 1. The first-order valence-corrected chi connectivity index (χ1v) is 3.45. The largest absolute Gasteiger partial charge is 0.478 e. The summed E-state index contributed by atoms with van der Waals surface area (Å²) in [7, 11) is 0. The number of carboxylic acids is 1. The second-order valence-corrected chi connectivity index (χ2v) is 2.50. The molecular formula is C8H4FNO3. The van der Waals surface area contributed by atoms with Crippen molar-refractivity contribution in [3.63, 3.8) is 0 Å². The lowest BCUT2D eigenvalue weighted by molar-refractivity contribution is 0.0692. The minimum Gasteiger partial charge on any atom is -0.478 e. The molecule has 2 aromatic rings. The lowest BCUT2D eigenvalue weighted by Gasteiger charge is -1.95. The summed E-state index contributed by atoms with van der Waals surface area (Å²) in [4.78, 5) is 10.5. The lowest BCUT2D eigenvalue weighted by Crippen LogP contribution is -1.99. The molecule has 0 saturated carbocycles. The standard InChI is InChI=1S/C8H4FNO3/c9-6-1-4-3-10-13-7(4)2-5(6)8(11)12/h1-3H,(H,11,12). The number of nitrogens with zero attached hydrogens (tertiary/aromatic N) is 1. The first-order valence-electron chi connectivity index (χ1n) is 3.45. The van der Waals surface area contributed by atoms with Crippen LogP contribution in [0.3, 0.4) is 0 Å². The molecular weight excluding hydrogens is 177 g/mol. The van der Waals surface area contributed by atoms with Crippen molar-refractivity contribution in [1.82, 2.24) is 5.16 Å².